The zero-order valence-corrected chi connectivity index (χ0v) is 9.96. The van der Waals surface area contributed by atoms with Crippen LogP contribution in [0.3, 0.4) is 0 Å². The minimum Gasteiger partial charge on any atom is -0.612 e. The van der Waals surface area contributed by atoms with Crippen LogP contribution in [0.5, 0.6) is 11.5 Å². The maximum Gasteiger partial charge on any atom is 0.777 e. The molecule has 1 unspecified atom stereocenters. The van der Waals surface area contributed by atoms with Crippen LogP contribution in [-0.4, -0.2) is 6.96 Å². The Morgan fingerprint density at radius 1 is 1.06 bits per heavy atom. The van der Waals surface area contributed by atoms with Gasteiger partial charge in [-0.2, -0.15) is 0 Å². The van der Waals surface area contributed by atoms with E-state index in [4.69, 9.17) is 18.6 Å². The SMILES string of the molecule is CC1C=CC2=C(C1)O[B-]1(O2)Oc2ccccc2O1. The lowest BCUT2D eigenvalue weighted by molar-refractivity contribution is 0.159. The van der Waals surface area contributed by atoms with E-state index < -0.39 is 6.96 Å². The quantitative estimate of drug-likeness (QED) is 0.656. The van der Waals surface area contributed by atoms with Crippen LogP contribution in [-0.2, 0) is 9.31 Å². The molecule has 0 amide bonds. The number of para-hydroxylation sites is 2. The van der Waals surface area contributed by atoms with Crippen molar-refractivity contribution in [2.45, 2.75) is 13.3 Å². The Hall–Kier alpha value is -2.04. The van der Waals surface area contributed by atoms with Crippen LogP contribution in [0.1, 0.15) is 13.3 Å². The molecule has 1 atom stereocenters. The van der Waals surface area contributed by atoms with Crippen LogP contribution in [0.15, 0.2) is 47.9 Å². The fourth-order valence-electron chi connectivity index (χ4n) is 2.45. The largest absolute Gasteiger partial charge is 0.777 e. The molecule has 2 aliphatic heterocycles. The van der Waals surface area contributed by atoms with Crippen molar-refractivity contribution in [2.24, 2.45) is 5.92 Å². The highest BCUT2D eigenvalue weighted by molar-refractivity contribution is 6.57. The third-order valence-electron chi connectivity index (χ3n) is 3.31. The molecular formula is C13H12BO4-. The van der Waals surface area contributed by atoms with Crippen molar-refractivity contribution in [2.75, 3.05) is 0 Å². The molecule has 92 valence electrons. The summed E-state index contributed by atoms with van der Waals surface area (Å²) < 4.78 is 22.9. The van der Waals surface area contributed by atoms with Crippen LogP contribution in [0.4, 0.5) is 0 Å². The van der Waals surface area contributed by atoms with Gasteiger partial charge >= 0.3 is 6.96 Å². The molecule has 2 heterocycles. The van der Waals surface area contributed by atoms with Crippen molar-refractivity contribution in [3.05, 3.63) is 47.9 Å². The monoisotopic (exact) mass is 243 g/mol. The number of hydrogen-bond acceptors (Lipinski definition) is 4. The fourth-order valence-corrected chi connectivity index (χ4v) is 2.45. The lowest BCUT2D eigenvalue weighted by Gasteiger charge is -2.28. The van der Waals surface area contributed by atoms with Gasteiger partial charge in [0, 0.05) is 6.42 Å². The van der Waals surface area contributed by atoms with Gasteiger partial charge in [0.15, 0.2) is 0 Å². The summed E-state index contributed by atoms with van der Waals surface area (Å²) in [6, 6.07) is 7.46. The smallest absolute Gasteiger partial charge is 0.612 e. The lowest BCUT2D eigenvalue weighted by Crippen LogP contribution is -2.47. The predicted octanol–water partition coefficient (Wildman–Crippen LogP) is 2.75. The van der Waals surface area contributed by atoms with Crippen LogP contribution >= 0.6 is 0 Å². The molecule has 1 spiro atoms. The van der Waals surface area contributed by atoms with E-state index in [1.54, 1.807) is 0 Å². The van der Waals surface area contributed by atoms with Gasteiger partial charge in [-0.05, 0) is 24.1 Å². The molecule has 0 fully saturated rings. The molecule has 18 heavy (non-hydrogen) atoms. The molecule has 1 aromatic carbocycles. The van der Waals surface area contributed by atoms with E-state index >= 15 is 0 Å². The summed E-state index contributed by atoms with van der Waals surface area (Å²) in [5.41, 5.74) is 0. The first kappa shape index (κ1) is 9.94. The van der Waals surface area contributed by atoms with Gasteiger partial charge in [-0.15, -0.1) is 0 Å². The molecule has 4 rings (SSSR count). The normalized spacial score (nSPS) is 25.9. The fraction of sp³-hybridized carbons (Fsp3) is 0.231. The second-order valence-electron chi connectivity index (χ2n) is 4.82. The van der Waals surface area contributed by atoms with Gasteiger partial charge in [-0.3, -0.25) is 0 Å². The first-order chi connectivity index (χ1) is 8.74. The van der Waals surface area contributed by atoms with E-state index in [0.717, 1.165) is 17.9 Å². The molecule has 1 aliphatic carbocycles. The van der Waals surface area contributed by atoms with Crippen LogP contribution in [0.2, 0.25) is 0 Å². The molecule has 0 saturated heterocycles. The second-order valence-corrected chi connectivity index (χ2v) is 4.82. The molecule has 4 nitrogen and oxygen atoms in total. The molecule has 0 bridgehead atoms. The van der Waals surface area contributed by atoms with E-state index in [-0.39, 0.29) is 0 Å². The molecule has 0 aromatic heterocycles. The molecular weight excluding hydrogens is 231 g/mol. The minimum absolute atomic E-state index is 0.446. The van der Waals surface area contributed by atoms with Crippen LogP contribution in [0, 0.1) is 5.92 Å². The third kappa shape index (κ3) is 1.33. The Labute approximate surface area is 105 Å². The summed E-state index contributed by atoms with van der Waals surface area (Å²) in [6.07, 6.45) is 4.84. The Bertz CT molecular complexity index is 553. The lowest BCUT2D eigenvalue weighted by atomic mass is 10.0. The number of rotatable bonds is 0. The molecule has 3 aliphatic rings. The molecule has 5 heteroatoms. The van der Waals surface area contributed by atoms with Gasteiger partial charge in [0.25, 0.3) is 0 Å². The van der Waals surface area contributed by atoms with E-state index in [1.165, 1.54) is 0 Å². The summed E-state index contributed by atoms with van der Waals surface area (Å²) in [6.45, 7) is -0.0445. The van der Waals surface area contributed by atoms with Crippen molar-refractivity contribution in [3.63, 3.8) is 0 Å². The van der Waals surface area contributed by atoms with Crippen molar-refractivity contribution in [1.29, 1.82) is 0 Å². The summed E-state index contributed by atoms with van der Waals surface area (Å²) >= 11 is 0. The molecule has 0 saturated carbocycles. The zero-order valence-electron chi connectivity index (χ0n) is 9.96. The molecule has 0 N–H and O–H groups in total. The van der Waals surface area contributed by atoms with Crippen LogP contribution in [0.25, 0.3) is 0 Å². The molecule has 1 aromatic rings. The van der Waals surface area contributed by atoms with Gasteiger partial charge in [0.05, 0.1) is 5.76 Å². The maximum absolute atomic E-state index is 5.79. The van der Waals surface area contributed by atoms with Gasteiger partial charge in [0.1, 0.15) is 17.3 Å². The van der Waals surface area contributed by atoms with E-state index in [9.17, 15) is 0 Å². The summed E-state index contributed by atoms with van der Waals surface area (Å²) in [5, 5.41) is 0. The average Bonchev–Trinajstić information content (AvgIpc) is 2.87. The minimum atomic E-state index is -2.18. The number of benzene rings is 1. The standard InChI is InChI=1S/C13H12BO4/c1-9-6-7-12-13(8-9)18-14(17-12)15-10-4-2-3-5-11(10)16-14/h2-7,9H,8H2,1H3/q-1. The van der Waals surface area contributed by atoms with Crippen molar-refractivity contribution < 1.29 is 18.6 Å². The van der Waals surface area contributed by atoms with Crippen molar-refractivity contribution >= 4 is 6.96 Å². The summed E-state index contributed by atoms with van der Waals surface area (Å²) in [5.74, 6) is 3.31. The Morgan fingerprint density at radius 2 is 1.78 bits per heavy atom. The summed E-state index contributed by atoms with van der Waals surface area (Å²) in [7, 11) is 0. The van der Waals surface area contributed by atoms with Gasteiger partial charge in [-0.25, -0.2) is 0 Å². The second kappa shape index (κ2) is 3.25. The average molecular weight is 243 g/mol. The maximum atomic E-state index is 5.79. The third-order valence-corrected chi connectivity index (χ3v) is 3.31. The van der Waals surface area contributed by atoms with Crippen molar-refractivity contribution in [3.8, 4) is 11.5 Å². The van der Waals surface area contributed by atoms with E-state index in [2.05, 4.69) is 13.0 Å². The first-order valence-corrected chi connectivity index (χ1v) is 6.13. The van der Waals surface area contributed by atoms with E-state index in [0.29, 0.717) is 17.4 Å². The highest BCUT2D eigenvalue weighted by Gasteiger charge is 2.52. The van der Waals surface area contributed by atoms with E-state index in [1.807, 2.05) is 30.3 Å². The Morgan fingerprint density at radius 3 is 2.50 bits per heavy atom. The van der Waals surface area contributed by atoms with Crippen molar-refractivity contribution in [1.82, 2.24) is 0 Å². The highest BCUT2D eigenvalue weighted by atomic mass is 16.9. The summed E-state index contributed by atoms with van der Waals surface area (Å²) in [4.78, 5) is 0. The Kier molecular flexibility index (Phi) is 1.80. The van der Waals surface area contributed by atoms with Gasteiger partial charge in [0.2, 0.25) is 0 Å². The van der Waals surface area contributed by atoms with Crippen LogP contribution < -0.4 is 9.31 Å². The number of allylic oxidation sites excluding steroid dienone is 3. The highest BCUT2D eigenvalue weighted by Crippen LogP contribution is 2.44. The number of fused-ring (bicyclic) bond motifs is 1. The first-order valence-electron chi connectivity index (χ1n) is 6.13. The predicted molar refractivity (Wildman–Crippen MR) is 65.6 cm³/mol. The Balaban J connectivity index is 1.63. The number of hydrogen-bond donors (Lipinski definition) is 0. The topological polar surface area (TPSA) is 36.9 Å². The molecule has 0 radical (unpaired) electrons. The van der Waals surface area contributed by atoms with Gasteiger partial charge < -0.3 is 18.6 Å². The zero-order chi connectivity index (χ0) is 12.2. The van der Waals surface area contributed by atoms with Gasteiger partial charge in [-0.1, -0.05) is 25.1 Å².